The molecule has 116 valence electrons. The molecule has 1 aromatic carbocycles. The third-order valence-corrected chi connectivity index (χ3v) is 7.93. The molecule has 0 radical (unpaired) electrons. The summed E-state index contributed by atoms with van der Waals surface area (Å²) in [5, 5.41) is 1.55. The van der Waals surface area contributed by atoms with Gasteiger partial charge in [-0.05, 0) is 39.5 Å². The number of hydrogen-bond donors (Lipinski definition) is 0. The molecular formula is C18H29N2P. The van der Waals surface area contributed by atoms with Gasteiger partial charge in [-0.1, -0.05) is 43.2 Å². The van der Waals surface area contributed by atoms with Crippen molar-refractivity contribution in [2.24, 2.45) is 0 Å². The van der Waals surface area contributed by atoms with Crippen LogP contribution in [0.5, 0.6) is 0 Å². The number of benzene rings is 1. The van der Waals surface area contributed by atoms with E-state index in [0.717, 1.165) is 12.1 Å². The Hall–Kier alpha value is -0.430. The van der Waals surface area contributed by atoms with Crippen molar-refractivity contribution in [1.82, 2.24) is 9.34 Å². The molecule has 0 N–H and O–H groups in total. The van der Waals surface area contributed by atoms with Crippen LogP contribution in [-0.2, 0) is 0 Å². The molecule has 2 fully saturated rings. The monoisotopic (exact) mass is 304 g/mol. The highest BCUT2D eigenvalue weighted by atomic mass is 31.1. The molecule has 3 heteroatoms. The summed E-state index contributed by atoms with van der Waals surface area (Å²) in [6.45, 7) is 7.44. The van der Waals surface area contributed by atoms with Crippen molar-refractivity contribution in [3.8, 4) is 0 Å². The van der Waals surface area contributed by atoms with Crippen LogP contribution in [0.3, 0.4) is 0 Å². The second-order valence-electron chi connectivity index (χ2n) is 6.64. The van der Waals surface area contributed by atoms with Gasteiger partial charge in [-0.2, -0.15) is 0 Å². The molecule has 2 atom stereocenters. The van der Waals surface area contributed by atoms with Crippen molar-refractivity contribution in [3.63, 3.8) is 0 Å². The zero-order valence-corrected chi connectivity index (χ0v) is 14.4. The first-order chi connectivity index (χ1) is 10.3. The molecule has 0 bridgehead atoms. The minimum atomic E-state index is -0.304. The SMILES string of the molecule is CC1CCCCN1P(c1ccccc1)N1CCCCC1C. The van der Waals surface area contributed by atoms with Crippen LogP contribution in [0.1, 0.15) is 52.4 Å². The summed E-state index contributed by atoms with van der Waals surface area (Å²) in [6, 6.07) is 12.8. The van der Waals surface area contributed by atoms with Crippen LogP contribution in [0.25, 0.3) is 0 Å². The lowest BCUT2D eigenvalue weighted by Gasteiger charge is -2.48. The summed E-state index contributed by atoms with van der Waals surface area (Å²) >= 11 is 0. The fourth-order valence-corrected chi connectivity index (χ4v) is 6.70. The van der Waals surface area contributed by atoms with Gasteiger partial charge in [-0.3, -0.25) is 9.34 Å². The minimum absolute atomic E-state index is 0.304. The summed E-state index contributed by atoms with van der Waals surface area (Å²) in [6.07, 6.45) is 8.30. The first kappa shape index (κ1) is 15.5. The van der Waals surface area contributed by atoms with Gasteiger partial charge in [-0.15, -0.1) is 0 Å². The molecule has 2 aliphatic rings. The van der Waals surface area contributed by atoms with Crippen LogP contribution in [0.15, 0.2) is 30.3 Å². The Labute approximate surface area is 131 Å². The van der Waals surface area contributed by atoms with E-state index < -0.39 is 0 Å². The largest absolute Gasteiger partial charge is 0.263 e. The van der Waals surface area contributed by atoms with Gasteiger partial charge in [0.1, 0.15) is 0 Å². The number of rotatable bonds is 3. The molecule has 0 saturated carbocycles. The fourth-order valence-electron chi connectivity index (χ4n) is 3.73. The lowest BCUT2D eigenvalue weighted by Crippen LogP contribution is -2.45. The van der Waals surface area contributed by atoms with E-state index in [2.05, 4.69) is 53.5 Å². The molecular weight excluding hydrogens is 275 g/mol. The first-order valence-corrected chi connectivity index (χ1v) is 9.90. The Morgan fingerprint density at radius 1 is 0.810 bits per heavy atom. The summed E-state index contributed by atoms with van der Waals surface area (Å²) in [7, 11) is -0.304. The quantitative estimate of drug-likeness (QED) is 0.765. The molecule has 2 nitrogen and oxygen atoms in total. The highest BCUT2D eigenvalue weighted by molar-refractivity contribution is 7.61. The van der Waals surface area contributed by atoms with Crippen molar-refractivity contribution in [1.29, 1.82) is 0 Å². The van der Waals surface area contributed by atoms with Crippen LogP contribution in [0.2, 0.25) is 0 Å². The highest BCUT2D eigenvalue weighted by Crippen LogP contribution is 2.49. The van der Waals surface area contributed by atoms with E-state index in [4.69, 9.17) is 0 Å². The fraction of sp³-hybridized carbons (Fsp3) is 0.667. The zero-order valence-electron chi connectivity index (χ0n) is 13.5. The van der Waals surface area contributed by atoms with Gasteiger partial charge in [0.05, 0.1) is 8.22 Å². The number of piperidine rings is 2. The van der Waals surface area contributed by atoms with Crippen LogP contribution >= 0.6 is 8.22 Å². The molecule has 2 heterocycles. The Balaban J connectivity index is 1.90. The molecule has 2 saturated heterocycles. The zero-order chi connectivity index (χ0) is 14.7. The molecule has 1 aromatic rings. The normalized spacial score (nSPS) is 30.2. The van der Waals surface area contributed by atoms with Gasteiger partial charge in [0.15, 0.2) is 0 Å². The van der Waals surface area contributed by atoms with Gasteiger partial charge >= 0.3 is 0 Å². The van der Waals surface area contributed by atoms with Gasteiger partial charge in [0, 0.05) is 30.5 Å². The summed E-state index contributed by atoms with van der Waals surface area (Å²) in [5.74, 6) is 0. The standard InChI is InChI=1S/C18H29N2P/c1-16-10-6-8-14-19(16)21(18-12-4-3-5-13-18)20-15-9-7-11-17(20)2/h3-5,12-13,16-17H,6-11,14-15H2,1-2H3. The molecule has 2 unspecified atom stereocenters. The Morgan fingerprint density at radius 3 is 1.81 bits per heavy atom. The third-order valence-electron chi connectivity index (χ3n) is 5.01. The van der Waals surface area contributed by atoms with Crippen molar-refractivity contribution in [2.45, 2.75) is 64.5 Å². The maximum absolute atomic E-state index is 2.83. The molecule has 21 heavy (non-hydrogen) atoms. The predicted octanol–water partition coefficient (Wildman–Crippen LogP) is 4.37. The van der Waals surface area contributed by atoms with Crippen LogP contribution < -0.4 is 5.30 Å². The van der Waals surface area contributed by atoms with E-state index in [9.17, 15) is 0 Å². The molecule has 0 aromatic heterocycles. The van der Waals surface area contributed by atoms with Crippen LogP contribution in [0, 0.1) is 0 Å². The second-order valence-corrected chi connectivity index (χ2v) is 8.76. The minimum Gasteiger partial charge on any atom is -0.263 e. The predicted molar refractivity (Wildman–Crippen MR) is 93.0 cm³/mol. The maximum Gasteiger partial charge on any atom is 0.0729 e. The lowest BCUT2D eigenvalue weighted by atomic mass is 10.1. The summed E-state index contributed by atoms with van der Waals surface area (Å²) in [5.41, 5.74) is 0. The van der Waals surface area contributed by atoms with Crippen molar-refractivity contribution < 1.29 is 0 Å². The van der Waals surface area contributed by atoms with E-state index in [1.807, 2.05) is 0 Å². The molecule has 2 aliphatic heterocycles. The van der Waals surface area contributed by atoms with E-state index >= 15 is 0 Å². The number of hydrogen-bond acceptors (Lipinski definition) is 2. The molecule has 0 amide bonds. The van der Waals surface area contributed by atoms with Gasteiger partial charge in [-0.25, -0.2) is 0 Å². The van der Waals surface area contributed by atoms with Crippen molar-refractivity contribution in [2.75, 3.05) is 13.1 Å². The molecule has 0 aliphatic carbocycles. The Kier molecular flexibility index (Phi) is 5.32. The Morgan fingerprint density at radius 2 is 1.33 bits per heavy atom. The first-order valence-electron chi connectivity index (χ1n) is 8.65. The van der Waals surface area contributed by atoms with Crippen LogP contribution in [-0.4, -0.2) is 34.5 Å². The van der Waals surface area contributed by atoms with Gasteiger partial charge in [0.25, 0.3) is 0 Å². The van der Waals surface area contributed by atoms with Crippen LogP contribution in [0.4, 0.5) is 0 Å². The van der Waals surface area contributed by atoms with Crippen molar-refractivity contribution in [3.05, 3.63) is 30.3 Å². The average Bonchev–Trinajstić information content (AvgIpc) is 2.52. The summed E-state index contributed by atoms with van der Waals surface area (Å²) < 4.78 is 5.66. The van der Waals surface area contributed by atoms with E-state index in [1.165, 1.54) is 51.6 Å². The number of nitrogens with zero attached hydrogens (tertiary/aromatic N) is 2. The van der Waals surface area contributed by atoms with Gasteiger partial charge in [0.2, 0.25) is 0 Å². The highest BCUT2D eigenvalue weighted by Gasteiger charge is 2.35. The Bertz CT molecular complexity index is 414. The summed E-state index contributed by atoms with van der Waals surface area (Å²) in [4.78, 5) is 0. The lowest BCUT2D eigenvalue weighted by molar-refractivity contribution is 0.232. The van der Waals surface area contributed by atoms with E-state index in [-0.39, 0.29) is 8.22 Å². The van der Waals surface area contributed by atoms with Crippen molar-refractivity contribution >= 4 is 13.5 Å². The topological polar surface area (TPSA) is 6.48 Å². The second kappa shape index (κ2) is 7.22. The third kappa shape index (κ3) is 3.50. The molecule has 0 spiro atoms. The smallest absolute Gasteiger partial charge is 0.0729 e. The molecule has 3 rings (SSSR count). The van der Waals surface area contributed by atoms with Gasteiger partial charge < -0.3 is 0 Å². The average molecular weight is 304 g/mol. The van der Waals surface area contributed by atoms with E-state index in [1.54, 1.807) is 5.30 Å². The van der Waals surface area contributed by atoms with E-state index in [0.29, 0.717) is 0 Å². The maximum atomic E-state index is 2.83.